The molecule has 0 aliphatic carbocycles. The van der Waals surface area contributed by atoms with Gasteiger partial charge < -0.3 is 4.90 Å². The molecule has 0 radical (unpaired) electrons. The highest BCUT2D eigenvalue weighted by molar-refractivity contribution is 7.92. The maximum Gasteiger partial charge on any atom is 0.305 e. The van der Waals surface area contributed by atoms with Crippen LogP contribution in [0.4, 0.5) is 10.7 Å². The van der Waals surface area contributed by atoms with Crippen molar-refractivity contribution in [3.8, 4) is 0 Å². The molecule has 0 aliphatic rings. The Morgan fingerprint density at radius 2 is 2.05 bits per heavy atom. The molecular formula is C11H11ClN2O4S3. The van der Waals surface area contributed by atoms with Crippen LogP contribution in [-0.2, 0) is 16.4 Å². The van der Waals surface area contributed by atoms with Crippen molar-refractivity contribution in [1.29, 1.82) is 0 Å². The van der Waals surface area contributed by atoms with Crippen molar-refractivity contribution in [2.45, 2.75) is 10.8 Å². The Hall–Kier alpha value is -1.16. The van der Waals surface area contributed by atoms with Gasteiger partial charge in [-0.1, -0.05) is 22.9 Å². The van der Waals surface area contributed by atoms with Gasteiger partial charge in [0.25, 0.3) is 0 Å². The summed E-state index contributed by atoms with van der Waals surface area (Å²) in [6.45, 7) is 0.419. The van der Waals surface area contributed by atoms with E-state index in [0.29, 0.717) is 15.9 Å². The summed E-state index contributed by atoms with van der Waals surface area (Å²) in [5.74, 6) is 0. The first kappa shape index (κ1) is 16.2. The predicted molar refractivity (Wildman–Crippen MR) is 85.5 cm³/mol. The van der Waals surface area contributed by atoms with E-state index in [2.05, 4.69) is 0 Å². The molecule has 0 unspecified atom stereocenters. The van der Waals surface area contributed by atoms with Crippen molar-refractivity contribution in [3.63, 3.8) is 0 Å². The van der Waals surface area contributed by atoms with Crippen molar-refractivity contribution < 1.29 is 13.3 Å². The lowest BCUT2D eigenvalue weighted by molar-refractivity contribution is -0.383. The zero-order valence-corrected chi connectivity index (χ0v) is 14.3. The Morgan fingerprint density at radius 1 is 1.38 bits per heavy atom. The van der Waals surface area contributed by atoms with Gasteiger partial charge >= 0.3 is 5.69 Å². The van der Waals surface area contributed by atoms with E-state index < -0.39 is 14.8 Å². The number of nitrogens with zero attached hydrogens (tertiary/aromatic N) is 2. The number of sulfone groups is 1. The van der Waals surface area contributed by atoms with Gasteiger partial charge in [-0.15, -0.1) is 11.3 Å². The zero-order valence-electron chi connectivity index (χ0n) is 11.1. The van der Waals surface area contributed by atoms with Gasteiger partial charge in [-0.2, -0.15) is 0 Å². The van der Waals surface area contributed by atoms with Crippen LogP contribution >= 0.6 is 34.3 Å². The van der Waals surface area contributed by atoms with Crippen LogP contribution in [0.15, 0.2) is 22.4 Å². The summed E-state index contributed by atoms with van der Waals surface area (Å²) in [4.78, 5) is 13.1. The molecule has 0 N–H and O–H groups in total. The lowest BCUT2D eigenvalue weighted by atomic mass is 10.4. The fraction of sp³-hybridized carbons (Fsp3) is 0.273. The quantitative estimate of drug-likeness (QED) is 0.598. The van der Waals surface area contributed by atoms with Crippen LogP contribution < -0.4 is 4.90 Å². The van der Waals surface area contributed by atoms with Crippen LogP contribution in [0, 0.1) is 10.1 Å². The third-order valence-electron chi connectivity index (χ3n) is 2.60. The maximum absolute atomic E-state index is 11.6. The van der Waals surface area contributed by atoms with Crippen LogP contribution in [0.25, 0.3) is 0 Å². The molecule has 6 nitrogen and oxygen atoms in total. The topological polar surface area (TPSA) is 80.5 Å². The van der Waals surface area contributed by atoms with Gasteiger partial charge in [0, 0.05) is 24.2 Å². The second kappa shape index (κ2) is 5.91. The molecule has 0 fully saturated rings. The lowest BCUT2D eigenvalue weighted by Crippen LogP contribution is -2.15. The van der Waals surface area contributed by atoms with E-state index in [0.717, 1.165) is 28.5 Å². The van der Waals surface area contributed by atoms with Crippen LogP contribution in [0.5, 0.6) is 0 Å². The molecule has 2 aromatic heterocycles. The van der Waals surface area contributed by atoms with Crippen LogP contribution in [0.3, 0.4) is 0 Å². The number of nitro groups is 1. The van der Waals surface area contributed by atoms with Crippen LogP contribution in [0.2, 0.25) is 4.34 Å². The second-order valence-electron chi connectivity index (χ2n) is 4.35. The van der Waals surface area contributed by atoms with Crippen molar-refractivity contribution in [2.75, 3.05) is 18.2 Å². The fourth-order valence-electron chi connectivity index (χ4n) is 1.68. The van der Waals surface area contributed by atoms with E-state index >= 15 is 0 Å². The van der Waals surface area contributed by atoms with Crippen LogP contribution in [0.1, 0.15) is 4.88 Å². The van der Waals surface area contributed by atoms with Gasteiger partial charge in [0.2, 0.25) is 0 Å². The minimum Gasteiger partial charge on any atom is -0.356 e. The maximum atomic E-state index is 11.6. The Kier molecular flexibility index (Phi) is 4.57. The second-order valence-corrected chi connectivity index (χ2v) is 9.42. The van der Waals surface area contributed by atoms with Gasteiger partial charge in [0.1, 0.15) is 4.21 Å². The highest BCUT2D eigenvalue weighted by Gasteiger charge is 2.26. The molecule has 0 aliphatic heterocycles. The summed E-state index contributed by atoms with van der Waals surface area (Å²) in [7, 11) is -1.79. The smallest absolute Gasteiger partial charge is 0.305 e. The SMILES string of the molecule is CN(Cc1ccc(Cl)s1)c1sc(S(C)(=O)=O)cc1[N+](=O)[O-]. The molecule has 0 saturated heterocycles. The molecule has 0 amide bonds. The van der Waals surface area contributed by atoms with Crippen molar-refractivity contribution in [3.05, 3.63) is 37.5 Å². The summed E-state index contributed by atoms with van der Waals surface area (Å²) in [5.41, 5.74) is -0.203. The Morgan fingerprint density at radius 3 is 2.52 bits per heavy atom. The van der Waals surface area contributed by atoms with Gasteiger partial charge in [-0.05, 0) is 12.1 Å². The molecule has 114 valence electrons. The van der Waals surface area contributed by atoms with E-state index in [1.165, 1.54) is 11.3 Å². The standard InChI is InChI=1S/C11H11ClN2O4S3/c1-13(6-7-3-4-9(12)19-7)11-8(14(15)16)5-10(20-11)21(2,17)18/h3-5H,6H2,1-2H3. The molecule has 0 spiro atoms. The number of thiophene rings is 2. The van der Waals surface area contributed by atoms with Gasteiger partial charge in [0.05, 0.1) is 15.8 Å². The molecule has 0 atom stereocenters. The lowest BCUT2D eigenvalue weighted by Gasteiger charge is -2.15. The summed E-state index contributed by atoms with van der Waals surface area (Å²) < 4.78 is 23.7. The first-order chi connectivity index (χ1) is 9.68. The number of anilines is 1. The molecule has 21 heavy (non-hydrogen) atoms. The van der Waals surface area contributed by atoms with E-state index in [1.54, 1.807) is 18.0 Å². The number of halogens is 1. The summed E-state index contributed by atoms with van der Waals surface area (Å²) in [5, 5.41) is 11.4. The molecular weight excluding hydrogens is 356 g/mol. The number of rotatable bonds is 5. The first-order valence-corrected chi connectivity index (χ1v) is 9.52. The van der Waals surface area contributed by atoms with Gasteiger partial charge in [0.15, 0.2) is 14.8 Å². The minimum atomic E-state index is -3.47. The Bertz CT molecular complexity index is 781. The third kappa shape index (κ3) is 3.73. The molecule has 10 heteroatoms. The average molecular weight is 367 g/mol. The number of hydrogen-bond donors (Lipinski definition) is 0. The van der Waals surface area contributed by atoms with Crippen molar-refractivity contribution in [2.24, 2.45) is 0 Å². The number of hydrogen-bond acceptors (Lipinski definition) is 7. The van der Waals surface area contributed by atoms with E-state index in [1.807, 2.05) is 6.07 Å². The third-order valence-corrected chi connectivity index (χ3v) is 6.86. The van der Waals surface area contributed by atoms with Crippen molar-refractivity contribution >= 4 is 54.8 Å². The fourth-order valence-corrected chi connectivity index (χ4v) is 4.81. The Labute approximate surface area is 134 Å². The normalized spacial score (nSPS) is 11.6. The molecule has 0 aromatic carbocycles. The largest absolute Gasteiger partial charge is 0.356 e. The molecule has 2 rings (SSSR count). The minimum absolute atomic E-state index is 0.0136. The summed E-state index contributed by atoms with van der Waals surface area (Å²) in [6, 6.07) is 4.69. The summed E-state index contributed by atoms with van der Waals surface area (Å²) >= 11 is 8.13. The Balaban J connectivity index is 2.37. The van der Waals surface area contributed by atoms with Crippen molar-refractivity contribution in [1.82, 2.24) is 0 Å². The van der Waals surface area contributed by atoms with Gasteiger partial charge in [-0.25, -0.2) is 8.42 Å². The first-order valence-electron chi connectivity index (χ1n) is 5.62. The van der Waals surface area contributed by atoms with Crippen LogP contribution in [-0.4, -0.2) is 26.6 Å². The highest BCUT2D eigenvalue weighted by atomic mass is 35.5. The molecule has 2 aromatic rings. The average Bonchev–Trinajstić information content (AvgIpc) is 2.94. The highest BCUT2D eigenvalue weighted by Crippen LogP contribution is 2.40. The molecule has 0 bridgehead atoms. The molecule has 0 saturated carbocycles. The zero-order chi connectivity index (χ0) is 15.8. The van der Waals surface area contributed by atoms with Gasteiger partial charge in [-0.3, -0.25) is 10.1 Å². The van der Waals surface area contributed by atoms with E-state index in [4.69, 9.17) is 11.6 Å². The van der Waals surface area contributed by atoms with E-state index in [9.17, 15) is 18.5 Å². The van der Waals surface area contributed by atoms with E-state index in [-0.39, 0.29) is 9.90 Å². The molecule has 2 heterocycles. The summed E-state index contributed by atoms with van der Waals surface area (Å²) in [6.07, 6.45) is 1.03. The monoisotopic (exact) mass is 366 g/mol. The predicted octanol–water partition coefficient (Wildman–Crippen LogP) is 3.41.